The molecule has 1 heterocycles. The second-order valence-electron chi connectivity index (χ2n) is 6.71. The number of hydrogen-bond acceptors (Lipinski definition) is 3. The van der Waals surface area contributed by atoms with E-state index in [-0.39, 0.29) is 23.9 Å². The molecule has 0 aromatic rings. The van der Waals surface area contributed by atoms with Crippen molar-refractivity contribution < 1.29 is 9.59 Å². The Bertz CT molecular complexity index is 392. The molecule has 0 radical (unpaired) electrons. The first-order valence-corrected chi connectivity index (χ1v) is 8.65. The van der Waals surface area contributed by atoms with Gasteiger partial charge in [-0.1, -0.05) is 34.1 Å². The maximum atomic E-state index is 12.6. The molecule has 1 aliphatic heterocycles. The molecule has 4 unspecified atom stereocenters. The van der Waals surface area contributed by atoms with E-state index in [1.165, 1.54) is 17.7 Å². The van der Waals surface area contributed by atoms with Crippen LogP contribution < -0.4 is 5.32 Å². The highest BCUT2D eigenvalue weighted by Crippen LogP contribution is 2.34. The fourth-order valence-corrected chi connectivity index (χ4v) is 4.14. The van der Waals surface area contributed by atoms with Crippen LogP contribution >= 0.6 is 0 Å². The van der Waals surface area contributed by atoms with Gasteiger partial charge in [-0.15, -0.1) is 0 Å². The van der Waals surface area contributed by atoms with E-state index in [1.807, 2.05) is 13.8 Å². The predicted molar refractivity (Wildman–Crippen MR) is 83.7 cm³/mol. The highest BCUT2D eigenvalue weighted by molar-refractivity contribution is 6.05. The Kier molecular flexibility index (Phi) is 5.42. The molecule has 0 aromatic carbocycles. The summed E-state index contributed by atoms with van der Waals surface area (Å²) in [5.74, 6) is 1.36. The fraction of sp³-hybridized carbons (Fsp3) is 0.882. The molecule has 2 rings (SSSR count). The third-order valence-corrected chi connectivity index (χ3v) is 5.66. The number of amides is 2. The van der Waals surface area contributed by atoms with Crippen LogP contribution in [0.3, 0.4) is 0 Å². The summed E-state index contributed by atoms with van der Waals surface area (Å²) < 4.78 is 0. The zero-order chi connectivity index (χ0) is 15.6. The standard InChI is InChI=1S/C17H30N2O2/c1-5-12-8-9-14(11(12)4)18-15-10-16(20)19(17(15)21)13(6-2)7-3/h11-15,18H,5-10H2,1-4H3. The molecule has 2 fully saturated rings. The van der Waals surface area contributed by atoms with E-state index in [9.17, 15) is 9.59 Å². The van der Waals surface area contributed by atoms with E-state index < -0.39 is 0 Å². The minimum absolute atomic E-state index is 0.000786. The summed E-state index contributed by atoms with van der Waals surface area (Å²) in [5, 5.41) is 3.49. The number of nitrogens with zero attached hydrogens (tertiary/aromatic N) is 1. The summed E-state index contributed by atoms with van der Waals surface area (Å²) in [5.41, 5.74) is 0. The van der Waals surface area contributed by atoms with Gasteiger partial charge in [-0.25, -0.2) is 0 Å². The minimum Gasteiger partial charge on any atom is -0.302 e. The molecule has 2 aliphatic rings. The van der Waals surface area contributed by atoms with Gasteiger partial charge in [-0.2, -0.15) is 0 Å². The summed E-state index contributed by atoms with van der Waals surface area (Å²) in [6.45, 7) is 8.60. The Morgan fingerprint density at radius 2 is 1.86 bits per heavy atom. The number of likely N-dealkylation sites (tertiary alicyclic amines) is 1. The first kappa shape index (κ1) is 16.5. The lowest BCUT2D eigenvalue weighted by molar-refractivity contribution is -0.141. The molecule has 4 atom stereocenters. The molecule has 120 valence electrons. The van der Waals surface area contributed by atoms with Crippen LogP contribution in [0.15, 0.2) is 0 Å². The van der Waals surface area contributed by atoms with Gasteiger partial charge in [-0.05, 0) is 37.5 Å². The zero-order valence-electron chi connectivity index (χ0n) is 13.9. The molecule has 1 saturated carbocycles. The smallest absolute Gasteiger partial charge is 0.247 e. The Hall–Kier alpha value is -0.900. The third-order valence-electron chi connectivity index (χ3n) is 5.66. The second-order valence-corrected chi connectivity index (χ2v) is 6.71. The lowest BCUT2D eigenvalue weighted by Gasteiger charge is -2.26. The van der Waals surface area contributed by atoms with Gasteiger partial charge in [0.25, 0.3) is 0 Å². The first-order chi connectivity index (χ1) is 10.0. The van der Waals surface area contributed by atoms with Crippen molar-refractivity contribution in [3.05, 3.63) is 0 Å². The zero-order valence-corrected chi connectivity index (χ0v) is 13.9. The van der Waals surface area contributed by atoms with Crippen LogP contribution in [0.5, 0.6) is 0 Å². The van der Waals surface area contributed by atoms with Crippen LogP contribution in [0, 0.1) is 11.8 Å². The average Bonchev–Trinajstić information content (AvgIpc) is 2.95. The first-order valence-electron chi connectivity index (χ1n) is 8.65. The maximum absolute atomic E-state index is 12.6. The molecule has 1 N–H and O–H groups in total. The van der Waals surface area contributed by atoms with Gasteiger partial charge in [0.1, 0.15) is 0 Å². The van der Waals surface area contributed by atoms with Gasteiger partial charge in [-0.3, -0.25) is 14.5 Å². The summed E-state index contributed by atoms with van der Waals surface area (Å²) in [6.07, 6.45) is 5.60. The van der Waals surface area contributed by atoms with Crippen LogP contribution in [0.2, 0.25) is 0 Å². The molecule has 0 spiro atoms. The molecule has 0 bridgehead atoms. The number of carbonyl (C=O) groups excluding carboxylic acids is 2. The largest absolute Gasteiger partial charge is 0.302 e. The van der Waals surface area contributed by atoms with Crippen molar-refractivity contribution in [2.24, 2.45) is 11.8 Å². The van der Waals surface area contributed by atoms with Crippen LogP contribution in [0.4, 0.5) is 0 Å². The molecule has 1 aliphatic carbocycles. The quantitative estimate of drug-likeness (QED) is 0.766. The Morgan fingerprint density at radius 3 is 2.38 bits per heavy atom. The molecule has 1 saturated heterocycles. The molecule has 4 nitrogen and oxygen atoms in total. The van der Waals surface area contributed by atoms with Crippen molar-refractivity contribution in [2.45, 2.75) is 84.3 Å². The molecule has 4 heteroatoms. The lowest BCUT2D eigenvalue weighted by Crippen LogP contribution is -2.47. The summed E-state index contributed by atoms with van der Waals surface area (Å²) >= 11 is 0. The van der Waals surface area contributed by atoms with Crippen molar-refractivity contribution in [3.8, 4) is 0 Å². The second kappa shape index (κ2) is 6.91. The fourth-order valence-electron chi connectivity index (χ4n) is 4.14. The Balaban J connectivity index is 2.00. The van der Waals surface area contributed by atoms with Crippen LogP contribution in [-0.4, -0.2) is 34.8 Å². The van der Waals surface area contributed by atoms with Gasteiger partial charge in [0.05, 0.1) is 12.5 Å². The molecule has 0 aromatic heterocycles. The van der Waals surface area contributed by atoms with Crippen LogP contribution in [0.1, 0.15) is 66.2 Å². The van der Waals surface area contributed by atoms with Gasteiger partial charge in [0.15, 0.2) is 0 Å². The topological polar surface area (TPSA) is 49.4 Å². The minimum atomic E-state index is -0.291. The van der Waals surface area contributed by atoms with Crippen molar-refractivity contribution in [1.82, 2.24) is 10.2 Å². The molecule has 21 heavy (non-hydrogen) atoms. The van der Waals surface area contributed by atoms with Gasteiger partial charge in [0.2, 0.25) is 11.8 Å². The lowest BCUT2D eigenvalue weighted by atomic mass is 9.93. The van der Waals surface area contributed by atoms with Crippen molar-refractivity contribution in [3.63, 3.8) is 0 Å². The maximum Gasteiger partial charge on any atom is 0.247 e. The summed E-state index contributed by atoms with van der Waals surface area (Å²) in [7, 11) is 0. The van der Waals surface area contributed by atoms with Crippen molar-refractivity contribution in [1.29, 1.82) is 0 Å². The normalized spacial score (nSPS) is 33.5. The van der Waals surface area contributed by atoms with E-state index in [2.05, 4.69) is 19.2 Å². The molecular formula is C17H30N2O2. The predicted octanol–water partition coefficient (Wildman–Crippen LogP) is 2.72. The monoisotopic (exact) mass is 294 g/mol. The Morgan fingerprint density at radius 1 is 1.19 bits per heavy atom. The highest BCUT2D eigenvalue weighted by Gasteiger charge is 2.43. The average molecular weight is 294 g/mol. The van der Waals surface area contributed by atoms with Gasteiger partial charge in [0, 0.05) is 12.1 Å². The van der Waals surface area contributed by atoms with E-state index in [0.29, 0.717) is 18.4 Å². The number of nitrogens with one attached hydrogen (secondary N) is 1. The third kappa shape index (κ3) is 3.15. The Labute approximate surface area is 128 Å². The SMILES string of the molecule is CCC1CCC(NC2CC(=O)N(C(CC)CC)C2=O)C1C. The number of imide groups is 1. The number of rotatable bonds is 6. The van der Waals surface area contributed by atoms with E-state index in [4.69, 9.17) is 0 Å². The summed E-state index contributed by atoms with van der Waals surface area (Å²) in [6, 6.07) is 0.167. The van der Waals surface area contributed by atoms with Crippen molar-refractivity contribution in [2.75, 3.05) is 0 Å². The molecule has 2 amide bonds. The number of carbonyl (C=O) groups is 2. The van der Waals surface area contributed by atoms with E-state index in [1.54, 1.807) is 0 Å². The van der Waals surface area contributed by atoms with E-state index in [0.717, 1.165) is 25.2 Å². The van der Waals surface area contributed by atoms with Gasteiger partial charge < -0.3 is 5.32 Å². The van der Waals surface area contributed by atoms with Gasteiger partial charge >= 0.3 is 0 Å². The van der Waals surface area contributed by atoms with Crippen LogP contribution in [-0.2, 0) is 9.59 Å². The van der Waals surface area contributed by atoms with Crippen LogP contribution in [0.25, 0.3) is 0 Å². The highest BCUT2D eigenvalue weighted by atomic mass is 16.2. The number of hydrogen-bond donors (Lipinski definition) is 1. The van der Waals surface area contributed by atoms with Crippen molar-refractivity contribution >= 4 is 11.8 Å². The van der Waals surface area contributed by atoms with E-state index >= 15 is 0 Å². The summed E-state index contributed by atoms with van der Waals surface area (Å²) in [4.78, 5) is 26.3. The molecular weight excluding hydrogens is 264 g/mol.